The number of carbonyl (C=O) groups excluding carboxylic acids is 2. The molecule has 0 bridgehead atoms. The van der Waals surface area contributed by atoms with Crippen molar-refractivity contribution in [3.8, 4) is 5.75 Å². The third kappa shape index (κ3) is 6.04. The Morgan fingerprint density at radius 1 is 1.11 bits per heavy atom. The van der Waals surface area contributed by atoms with Gasteiger partial charge in [-0.3, -0.25) is 14.2 Å². The van der Waals surface area contributed by atoms with E-state index in [0.29, 0.717) is 23.4 Å². The van der Waals surface area contributed by atoms with Gasteiger partial charge in [-0.05, 0) is 73.7 Å². The number of ether oxygens (including phenoxy) is 1. The predicted octanol–water partition coefficient (Wildman–Crippen LogP) is 4.29. The minimum absolute atomic E-state index is 0.115. The van der Waals surface area contributed by atoms with Crippen molar-refractivity contribution in [2.24, 2.45) is 0 Å². The van der Waals surface area contributed by atoms with E-state index in [4.69, 9.17) is 4.74 Å². The fourth-order valence-electron chi connectivity index (χ4n) is 3.01. The molecule has 0 aliphatic carbocycles. The zero-order chi connectivity index (χ0) is 21.1. The SMILES string of the molecule is CC(=O)Nc1ccc(Cc2c(C)cc(OCP(C)(=O)O)cc2C)cc1C(C)=O. The Hall–Kier alpha value is -2.43. The molecule has 0 saturated heterocycles. The lowest BCUT2D eigenvalue weighted by Crippen LogP contribution is -2.10. The second kappa shape index (κ2) is 8.72. The van der Waals surface area contributed by atoms with E-state index in [1.54, 1.807) is 12.1 Å². The lowest BCUT2D eigenvalue weighted by Gasteiger charge is -2.15. The largest absolute Gasteiger partial charge is 0.484 e. The molecule has 150 valence electrons. The van der Waals surface area contributed by atoms with Crippen LogP contribution in [0.1, 0.15) is 46.5 Å². The van der Waals surface area contributed by atoms with E-state index in [1.807, 2.05) is 32.0 Å². The lowest BCUT2D eigenvalue weighted by molar-refractivity contribution is -0.114. The molecule has 6 nitrogen and oxygen atoms in total. The number of carbonyl (C=O) groups is 2. The van der Waals surface area contributed by atoms with Crippen LogP contribution in [0.4, 0.5) is 5.69 Å². The van der Waals surface area contributed by atoms with Crippen molar-refractivity contribution in [1.82, 2.24) is 0 Å². The molecule has 0 aromatic heterocycles. The van der Waals surface area contributed by atoms with Crippen molar-refractivity contribution in [2.75, 3.05) is 18.3 Å². The van der Waals surface area contributed by atoms with Gasteiger partial charge < -0.3 is 14.9 Å². The highest BCUT2D eigenvalue weighted by Crippen LogP contribution is 2.36. The minimum Gasteiger partial charge on any atom is -0.484 e. The van der Waals surface area contributed by atoms with E-state index < -0.39 is 7.37 Å². The third-order valence-corrected chi connectivity index (χ3v) is 4.90. The van der Waals surface area contributed by atoms with Crippen molar-refractivity contribution < 1.29 is 23.8 Å². The summed E-state index contributed by atoms with van der Waals surface area (Å²) in [6.45, 7) is 8.05. The number of anilines is 1. The standard InChI is InChI=1S/C21H26NO5P/c1-13-8-18(27-12-28(5,25)26)9-14(2)19(13)10-17-6-7-21(22-16(4)24)20(11-17)15(3)23/h6-9,11H,10,12H2,1-5H3,(H,22,24)(H,25,26). The lowest BCUT2D eigenvalue weighted by atomic mass is 9.94. The molecule has 0 fully saturated rings. The van der Waals surface area contributed by atoms with Gasteiger partial charge in [-0.1, -0.05) is 6.07 Å². The van der Waals surface area contributed by atoms with Crippen molar-refractivity contribution in [3.05, 3.63) is 58.1 Å². The maximum absolute atomic E-state index is 12.0. The summed E-state index contributed by atoms with van der Waals surface area (Å²) < 4.78 is 16.9. The average molecular weight is 403 g/mol. The summed E-state index contributed by atoms with van der Waals surface area (Å²) in [5.74, 6) is 0.216. The van der Waals surface area contributed by atoms with E-state index in [0.717, 1.165) is 22.3 Å². The molecule has 1 unspecified atom stereocenters. The molecule has 2 rings (SSSR count). The number of nitrogens with one attached hydrogen (secondary N) is 1. The molecule has 2 aromatic rings. The molecule has 0 heterocycles. The Morgan fingerprint density at radius 3 is 2.21 bits per heavy atom. The van der Waals surface area contributed by atoms with Crippen LogP contribution in [0.25, 0.3) is 0 Å². The Labute approximate surface area is 165 Å². The van der Waals surface area contributed by atoms with E-state index in [2.05, 4.69) is 5.32 Å². The van der Waals surface area contributed by atoms with Gasteiger partial charge in [0.1, 0.15) is 5.75 Å². The van der Waals surface area contributed by atoms with Crippen LogP contribution in [0.2, 0.25) is 0 Å². The average Bonchev–Trinajstić information content (AvgIpc) is 2.56. The van der Waals surface area contributed by atoms with Gasteiger partial charge in [0.05, 0.1) is 5.69 Å². The van der Waals surface area contributed by atoms with Gasteiger partial charge in [0.15, 0.2) is 12.1 Å². The van der Waals surface area contributed by atoms with Gasteiger partial charge in [0, 0.05) is 19.2 Å². The second-order valence-electron chi connectivity index (χ2n) is 7.15. The summed E-state index contributed by atoms with van der Waals surface area (Å²) in [5.41, 5.74) is 5.02. The summed E-state index contributed by atoms with van der Waals surface area (Å²) in [4.78, 5) is 32.7. The first-order valence-electron chi connectivity index (χ1n) is 8.90. The van der Waals surface area contributed by atoms with Crippen molar-refractivity contribution >= 4 is 24.7 Å². The van der Waals surface area contributed by atoms with Crippen LogP contribution in [-0.4, -0.2) is 29.6 Å². The van der Waals surface area contributed by atoms with Crippen molar-refractivity contribution in [1.29, 1.82) is 0 Å². The number of ketones is 1. The zero-order valence-corrected chi connectivity index (χ0v) is 17.7. The molecule has 1 amide bonds. The van der Waals surface area contributed by atoms with Crippen LogP contribution in [-0.2, 0) is 15.8 Å². The van der Waals surface area contributed by atoms with Crippen LogP contribution < -0.4 is 10.1 Å². The number of amides is 1. The summed E-state index contributed by atoms with van der Waals surface area (Å²) in [5, 5.41) is 2.68. The number of aryl methyl sites for hydroxylation is 2. The van der Waals surface area contributed by atoms with Crippen LogP contribution >= 0.6 is 7.37 Å². The van der Waals surface area contributed by atoms with E-state index in [1.165, 1.54) is 20.5 Å². The van der Waals surface area contributed by atoms with E-state index >= 15 is 0 Å². The first-order chi connectivity index (χ1) is 13.0. The van der Waals surface area contributed by atoms with Crippen LogP contribution in [0, 0.1) is 13.8 Å². The Morgan fingerprint density at radius 2 is 1.71 bits per heavy atom. The summed E-state index contributed by atoms with van der Waals surface area (Å²) in [7, 11) is -3.24. The Balaban J connectivity index is 2.30. The maximum atomic E-state index is 12.0. The highest BCUT2D eigenvalue weighted by molar-refractivity contribution is 7.56. The fourth-order valence-corrected chi connectivity index (χ4v) is 3.39. The molecule has 0 aliphatic rings. The van der Waals surface area contributed by atoms with Crippen LogP contribution in [0.15, 0.2) is 30.3 Å². The molecule has 2 aromatic carbocycles. The molecule has 0 aliphatic heterocycles. The quantitative estimate of drug-likeness (QED) is 0.531. The first kappa shape index (κ1) is 21.9. The predicted molar refractivity (Wildman–Crippen MR) is 111 cm³/mol. The van der Waals surface area contributed by atoms with Crippen molar-refractivity contribution in [2.45, 2.75) is 34.1 Å². The molecule has 0 spiro atoms. The number of benzene rings is 2. The Kier molecular flexibility index (Phi) is 6.81. The zero-order valence-electron chi connectivity index (χ0n) is 16.8. The van der Waals surface area contributed by atoms with Gasteiger partial charge in [0.25, 0.3) is 0 Å². The number of hydrogen-bond acceptors (Lipinski definition) is 4. The van der Waals surface area contributed by atoms with Crippen LogP contribution in [0.5, 0.6) is 5.75 Å². The molecular formula is C21H26NO5P. The summed E-state index contributed by atoms with van der Waals surface area (Å²) in [6, 6.07) is 9.12. The van der Waals surface area contributed by atoms with E-state index in [9.17, 15) is 19.0 Å². The molecule has 0 radical (unpaired) electrons. The van der Waals surface area contributed by atoms with Crippen molar-refractivity contribution in [3.63, 3.8) is 0 Å². The molecule has 0 saturated carbocycles. The molecule has 28 heavy (non-hydrogen) atoms. The molecule has 7 heteroatoms. The molecule has 2 N–H and O–H groups in total. The molecule has 1 atom stereocenters. The fraction of sp³-hybridized carbons (Fsp3) is 0.333. The first-order valence-corrected chi connectivity index (χ1v) is 11.2. The number of rotatable bonds is 7. The van der Waals surface area contributed by atoms with Crippen LogP contribution in [0.3, 0.4) is 0 Å². The minimum atomic E-state index is -3.24. The topological polar surface area (TPSA) is 92.7 Å². The van der Waals surface area contributed by atoms with Gasteiger partial charge in [-0.25, -0.2) is 0 Å². The third-order valence-electron chi connectivity index (χ3n) is 4.30. The van der Waals surface area contributed by atoms with Gasteiger partial charge in [0.2, 0.25) is 13.3 Å². The van der Waals surface area contributed by atoms with Gasteiger partial charge in [-0.2, -0.15) is 0 Å². The summed E-state index contributed by atoms with van der Waals surface area (Å²) in [6.07, 6.45) is 0.392. The number of hydrogen-bond donors (Lipinski definition) is 2. The van der Waals surface area contributed by atoms with Gasteiger partial charge >= 0.3 is 0 Å². The highest BCUT2D eigenvalue weighted by Gasteiger charge is 2.14. The Bertz CT molecular complexity index is 938. The maximum Gasteiger partial charge on any atom is 0.233 e. The second-order valence-corrected chi connectivity index (χ2v) is 9.51. The van der Waals surface area contributed by atoms with E-state index in [-0.39, 0.29) is 18.0 Å². The highest BCUT2D eigenvalue weighted by atomic mass is 31.2. The monoisotopic (exact) mass is 403 g/mol. The van der Waals surface area contributed by atoms with Gasteiger partial charge in [-0.15, -0.1) is 0 Å². The normalized spacial score (nSPS) is 12.9. The summed E-state index contributed by atoms with van der Waals surface area (Å²) >= 11 is 0. The smallest absolute Gasteiger partial charge is 0.233 e. The number of Topliss-reactive ketones (excluding diaryl/α,β-unsaturated/α-hetero) is 1. The molecular weight excluding hydrogens is 377 g/mol.